The third-order valence-electron chi connectivity index (χ3n) is 2.83. The fourth-order valence-corrected chi connectivity index (χ4v) is 1.87. The molecule has 0 radical (unpaired) electrons. The normalized spacial score (nSPS) is 20.1. The van der Waals surface area contributed by atoms with Gasteiger partial charge < -0.3 is 20.1 Å². The maximum Gasteiger partial charge on any atom is 0.319 e. The molecule has 1 unspecified atom stereocenters. The van der Waals surface area contributed by atoms with Crippen LogP contribution in [0.1, 0.15) is 19.4 Å². The van der Waals surface area contributed by atoms with E-state index in [0.717, 1.165) is 0 Å². The van der Waals surface area contributed by atoms with Crippen molar-refractivity contribution in [3.05, 3.63) is 29.8 Å². The third kappa shape index (κ3) is 3.95. The van der Waals surface area contributed by atoms with Gasteiger partial charge in [0.05, 0.1) is 18.2 Å². The van der Waals surface area contributed by atoms with E-state index in [-0.39, 0.29) is 12.1 Å². The van der Waals surface area contributed by atoms with E-state index in [0.29, 0.717) is 24.4 Å². The minimum atomic E-state index is -0.587. The lowest BCUT2D eigenvalue weighted by molar-refractivity contribution is -0.137. The van der Waals surface area contributed by atoms with Gasteiger partial charge in [-0.3, -0.25) is 0 Å². The van der Waals surface area contributed by atoms with E-state index in [2.05, 4.69) is 10.6 Å². The molecule has 1 saturated heterocycles. The van der Waals surface area contributed by atoms with Gasteiger partial charge in [0.25, 0.3) is 0 Å². The molecule has 0 aromatic heterocycles. The van der Waals surface area contributed by atoms with Gasteiger partial charge in [-0.2, -0.15) is 5.26 Å². The van der Waals surface area contributed by atoms with E-state index in [9.17, 15) is 4.79 Å². The smallest absolute Gasteiger partial charge is 0.319 e. The number of benzene rings is 1. The number of amides is 2. The lowest BCUT2D eigenvalue weighted by atomic mass is 10.2. The molecule has 1 aromatic carbocycles. The Labute approximate surface area is 117 Å². The molecule has 2 N–H and O–H groups in total. The number of carbonyl (C=O) groups is 1. The second-order valence-corrected chi connectivity index (χ2v) is 4.97. The van der Waals surface area contributed by atoms with Crippen LogP contribution in [0.5, 0.6) is 0 Å². The number of rotatable bonds is 3. The molecule has 0 aliphatic carbocycles. The summed E-state index contributed by atoms with van der Waals surface area (Å²) in [6, 6.07) is 8.35. The van der Waals surface area contributed by atoms with Gasteiger partial charge in [0.1, 0.15) is 6.10 Å². The van der Waals surface area contributed by atoms with E-state index in [4.69, 9.17) is 14.7 Å². The topological polar surface area (TPSA) is 83.4 Å². The molecule has 2 rings (SSSR count). The number of nitrogens with zero attached hydrogens (tertiary/aromatic N) is 1. The Balaban J connectivity index is 1.77. The molecule has 106 valence electrons. The summed E-state index contributed by atoms with van der Waals surface area (Å²) in [6.45, 7) is 4.52. The van der Waals surface area contributed by atoms with Crippen molar-refractivity contribution in [3.63, 3.8) is 0 Å². The third-order valence-corrected chi connectivity index (χ3v) is 2.83. The first-order valence-corrected chi connectivity index (χ1v) is 6.35. The van der Waals surface area contributed by atoms with Crippen molar-refractivity contribution in [2.45, 2.75) is 25.7 Å². The summed E-state index contributed by atoms with van der Waals surface area (Å²) in [5.74, 6) is -0.587. The Morgan fingerprint density at radius 1 is 1.45 bits per heavy atom. The molecule has 20 heavy (non-hydrogen) atoms. The van der Waals surface area contributed by atoms with Gasteiger partial charge in [-0.25, -0.2) is 4.79 Å². The first kappa shape index (κ1) is 14.3. The maximum atomic E-state index is 11.7. The average Bonchev–Trinajstić information content (AvgIpc) is 2.77. The molecule has 0 saturated carbocycles. The fraction of sp³-hybridized carbons (Fsp3) is 0.429. The number of anilines is 1. The lowest BCUT2D eigenvalue weighted by Crippen LogP contribution is -2.37. The molecule has 1 fully saturated rings. The summed E-state index contributed by atoms with van der Waals surface area (Å²) in [4.78, 5) is 11.7. The van der Waals surface area contributed by atoms with Crippen LogP contribution in [0.3, 0.4) is 0 Å². The Hall–Kier alpha value is -2.10. The minimum absolute atomic E-state index is 0.142. The van der Waals surface area contributed by atoms with Crippen LogP contribution in [-0.2, 0) is 9.47 Å². The van der Waals surface area contributed by atoms with Crippen molar-refractivity contribution in [1.29, 1.82) is 5.26 Å². The molecule has 0 spiro atoms. The zero-order valence-electron chi connectivity index (χ0n) is 11.5. The van der Waals surface area contributed by atoms with Crippen LogP contribution in [0, 0.1) is 11.3 Å². The number of urea groups is 1. The number of carbonyl (C=O) groups excluding carboxylic acids is 1. The highest BCUT2D eigenvalue weighted by Gasteiger charge is 2.32. The molecule has 6 nitrogen and oxygen atoms in total. The second-order valence-electron chi connectivity index (χ2n) is 4.97. The number of nitrogens with one attached hydrogen (secondary N) is 2. The van der Waals surface area contributed by atoms with Crippen LogP contribution < -0.4 is 10.6 Å². The molecule has 1 aliphatic heterocycles. The highest BCUT2D eigenvalue weighted by molar-refractivity contribution is 5.89. The predicted molar refractivity (Wildman–Crippen MR) is 73.1 cm³/mol. The van der Waals surface area contributed by atoms with E-state index in [1.807, 2.05) is 19.9 Å². The van der Waals surface area contributed by atoms with Crippen molar-refractivity contribution in [2.75, 3.05) is 18.5 Å². The molecular weight excluding hydrogens is 258 g/mol. The van der Waals surface area contributed by atoms with Crippen LogP contribution in [0.25, 0.3) is 0 Å². The number of nitriles is 1. The summed E-state index contributed by atoms with van der Waals surface area (Å²) in [6.07, 6.45) is -0.142. The quantitative estimate of drug-likeness (QED) is 0.881. The molecule has 0 bridgehead atoms. The van der Waals surface area contributed by atoms with E-state index < -0.39 is 5.79 Å². The molecule has 1 atom stereocenters. The summed E-state index contributed by atoms with van der Waals surface area (Å²) < 4.78 is 11.0. The maximum absolute atomic E-state index is 11.7. The molecule has 6 heteroatoms. The fourth-order valence-electron chi connectivity index (χ4n) is 1.87. The standard InChI is InChI=1S/C14H17N3O3/c1-14(2)19-9-12(20-14)8-16-13(18)17-11-5-3-10(7-15)4-6-11/h3-6,12H,8-9H2,1-2H3,(H2,16,17,18). The van der Waals surface area contributed by atoms with Gasteiger partial charge in [-0.15, -0.1) is 0 Å². The second kappa shape index (κ2) is 5.90. The summed E-state index contributed by atoms with van der Waals surface area (Å²) in [7, 11) is 0. The van der Waals surface area contributed by atoms with Crippen LogP contribution >= 0.6 is 0 Å². The summed E-state index contributed by atoms with van der Waals surface area (Å²) in [5.41, 5.74) is 1.18. The number of hydrogen-bond acceptors (Lipinski definition) is 4. The Morgan fingerprint density at radius 2 is 2.15 bits per heavy atom. The van der Waals surface area contributed by atoms with E-state index in [1.165, 1.54) is 0 Å². The van der Waals surface area contributed by atoms with E-state index in [1.54, 1.807) is 24.3 Å². The van der Waals surface area contributed by atoms with Crippen molar-refractivity contribution in [1.82, 2.24) is 5.32 Å². The minimum Gasteiger partial charge on any atom is -0.348 e. The van der Waals surface area contributed by atoms with Gasteiger partial charge >= 0.3 is 6.03 Å². The predicted octanol–water partition coefficient (Wildman–Crippen LogP) is 1.83. The zero-order valence-corrected chi connectivity index (χ0v) is 11.5. The largest absolute Gasteiger partial charge is 0.348 e. The molecular formula is C14H17N3O3. The van der Waals surface area contributed by atoms with Crippen LogP contribution in [0.2, 0.25) is 0 Å². The molecule has 1 aliphatic rings. The van der Waals surface area contributed by atoms with Gasteiger partial charge in [0.15, 0.2) is 5.79 Å². The van der Waals surface area contributed by atoms with Crippen LogP contribution in [-0.4, -0.2) is 31.1 Å². The highest BCUT2D eigenvalue weighted by atomic mass is 16.7. The Morgan fingerprint density at radius 3 is 2.70 bits per heavy atom. The van der Waals surface area contributed by atoms with Crippen molar-refractivity contribution in [2.24, 2.45) is 0 Å². The van der Waals surface area contributed by atoms with E-state index >= 15 is 0 Å². The molecule has 1 heterocycles. The number of hydrogen-bond donors (Lipinski definition) is 2. The van der Waals surface area contributed by atoms with Crippen molar-refractivity contribution >= 4 is 11.7 Å². The summed E-state index contributed by atoms with van der Waals surface area (Å²) >= 11 is 0. The van der Waals surface area contributed by atoms with Crippen molar-refractivity contribution in [3.8, 4) is 6.07 Å². The number of ether oxygens (including phenoxy) is 2. The molecule has 2 amide bonds. The monoisotopic (exact) mass is 275 g/mol. The SMILES string of the molecule is CC1(C)OCC(CNC(=O)Nc2ccc(C#N)cc2)O1. The zero-order chi connectivity index (χ0) is 14.6. The molecule has 1 aromatic rings. The Bertz CT molecular complexity index is 519. The Kier molecular flexibility index (Phi) is 4.23. The van der Waals surface area contributed by atoms with Crippen LogP contribution in [0.15, 0.2) is 24.3 Å². The van der Waals surface area contributed by atoms with Crippen LogP contribution in [0.4, 0.5) is 10.5 Å². The average molecular weight is 275 g/mol. The van der Waals surface area contributed by atoms with Gasteiger partial charge in [0.2, 0.25) is 0 Å². The van der Waals surface area contributed by atoms with Crippen molar-refractivity contribution < 1.29 is 14.3 Å². The lowest BCUT2D eigenvalue weighted by Gasteiger charge is -2.17. The van der Waals surface area contributed by atoms with Gasteiger partial charge in [-0.05, 0) is 38.1 Å². The van der Waals surface area contributed by atoms with Gasteiger partial charge in [-0.1, -0.05) is 0 Å². The first-order valence-electron chi connectivity index (χ1n) is 6.35. The van der Waals surface area contributed by atoms with Gasteiger partial charge in [0, 0.05) is 12.2 Å². The first-order chi connectivity index (χ1) is 9.48. The highest BCUT2D eigenvalue weighted by Crippen LogP contribution is 2.21. The summed E-state index contributed by atoms with van der Waals surface area (Å²) in [5, 5.41) is 14.1.